The van der Waals surface area contributed by atoms with Crippen molar-refractivity contribution in [3.8, 4) is 0 Å². The zero-order chi connectivity index (χ0) is 13.2. The third-order valence-electron chi connectivity index (χ3n) is 2.93. The maximum Gasteiger partial charge on any atom is 0.122 e. The molecule has 0 saturated carbocycles. The number of benzene rings is 1. The second-order valence-corrected chi connectivity index (χ2v) is 4.58. The van der Waals surface area contributed by atoms with Crippen LogP contribution in [0.2, 0.25) is 0 Å². The summed E-state index contributed by atoms with van der Waals surface area (Å²) in [4.78, 5) is 0. The first-order valence-corrected chi connectivity index (χ1v) is 6.75. The van der Waals surface area contributed by atoms with Gasteiger partial charge in [-0.3, -0.25) is 5.41 Å². The number of hydrogen-bond donors (Lipinski definition) is 2. The molecule has 0 amide bonds. The Balaban J connectivity index is 2.14. The van der Waals surface area contributed by atoms with Gasteiger partial charge in [-0.15, -0.1) is 0 Å². The van der Waals surface area contributed by atoms with Gasteiger partial charge in [0.2, 0.25) is 0 Å². The summed E-state index contributed by atoms with van der Waals surface area (Å²) in [6.45, 7) is 3.70. The summed E-state index contributed by atoms with van der Waals surface area (Å²) in [5.74, 6) is 0.110. The Kier molecular flexibility index (Phi) is 7.11. The summed E-state index contributed by atoms with van der Waals surface area (Å²) in [5, 5.41) is 7.30. The summed E-state index contributed by atoms with van der Waals surface area (Å²) in [7, 11) is 0. The lowest BCUT2D eigenvalue weighted by Gasteiger charge is -2.05. The third kappa shape index (κ3) is 5.82. The predicted molar refractivity (Wildman–Crippen MR) is 75.9 cm³/mol. The molecule has 0 fully saturated rings. The largest absolute Gasteiger partial charge is 0.384 e. The molecule has 1 aromatic rings. The number of nitrogen functional groups attached to an aromatic ring is 1. The first-order valence-electron chi connectivity index (χ1n) is 6.75. The summed E-state index contributed by atoms with van der Waals surface area (Å²) in [6.07, 6.45) is 6.33. The van der Waals surface area contributed by atoms with Crippen molar-refractivity contribution in [1.82, 2.24) is 0 Å². The van der Waals surface area contributed by atoms with Crippen LogP contribution >= 0.6 is 0 Å². The Hall–Kier alpha value is -1.35. The van der Waals surface area contributed by atoms with Crippen molar-refractivity contribution in [2.24, 2.45) is 5.73 Å². The lowest BCUT2D eigenvalue weighted by atomic mass is 10.1. The molecule has 0 aliphatic carbocycles. The normalized spacial score (nSPS) is 10.5. The van der Waals surface area contributed by atoms with Crippen LogP contribution < -0.4 is 5.73 Å². The molecule has 18 heavy (non-hydrogen) atoms. The Morgan fingerprint density at radius 2 is 1.78 bits per heavy atom. The summed E-state index contributed by atoms with van der Waals surface area (Å²) < 4.78 is 5.62. The summed E-state index contributed by atoms with van der Waals surface area (Å²) >= 11 is 0. The first kappa shape index (κ1) is 14.7. The molecule has 0 radical (unpaired) electrons. The number of nitrogens with one attached hydrogen (secondary N) is 1. The molecular weight excluding hydrogens is 224 g/mol. The molecule has 0 aliphatic heterocycles. The van der Waals surface area contributed by atoms with Crippen molar-refractivity contribution < 1.29 is 4.74 Å². The van der Waals surface area contributed by atoms with E-state index in [4.69, 9.17) is 15.9 Å². The van der Waals surface area contributed by atoms with E-state index in [-0.39, 0.29) is 5.84 Å². The number of nitrogens with two attached hydrogens (primary N) is 1. The van der Waals surface area contributed by atoms with Gasteiger partial charge in [0, 0.05) is 12.2 Å². The predicted octanol–water partition coefficient (Wildman–Crippen LogP) is 3.46. The van der Waals surface area contributed by atoms with E-state index in [2.05, 4.69) is 6.92 Å². The van der Waals surface area contributed by atoms with Crippen LogP contribution in [0.15, 0.2) is 24.3 Å². The molecule has 1 aromatic carbocycles. The van der Waals surface area contributed by atoms with Gasteiger partial charge < -0.3 is 10.5 Å². The second kappa shape index (κ2) is 8.70. The molecule has 100 valence electrons. The van der Waals surface area contributed by atoms with Crippen LogP contribution in [0.25, 0.3) is 0 Å². The SMILES string of the molecule is CCCCCCCOCc1ccc(C(=N)N)cc1. The second-order valence-electron chi connectivity index (χ2n) is 4.58. The van der Waals surface area contributed by atoms with Gasteiger partial charge in [0.05, 0.1) is 6.61 Å². The van der Waals surface area contributed by atoms with Crippen molar-refractivity contribution in [1.29, 1.82) is 5.41 Å². The number of amidine groups is 1. The Labute approximate surface area is 110 Å². The Morgan fingerprint density at radius 1 is 1.11 bits per heavy atom. The van der Waals surface area contributed by atoms with Crippen molar-refractivity contribution in [3.63, 3.8) is 0 Å². The van der Waals surface area contributed by atoms with Gasteiger partial charge in [0.1, 0.15) is 5.84 Å². The maximum absolute atomic E-state index is 7.30. The third-order valence-corrected chi connectivity index (χ3v) is 2.93. The Morgan fingerprint density at radius 3 is 2.39 bits per heavy atom. The minimum atomic E-state index is 0.110. The van der Waals surface area contributed by atoms with E-state index in [0.29, 0.717) is 6.61 Å². The van der Waals surface area contributed by atoms with E-state index in [1.54, 1.807) is 0 Å². The lowest BCUT2D eigenvalue weighted by Crippen LogP contribution is -2.10. The fourth-order valence-corrected chi connectivity index (χ4v) is 1.78. The molecule has 3 heteroatoms. The van der Waals surface area contributed by atoms with Gasteiger partial charge in [0.25, 0.3) is 0 Å². The van der Waals surface area contributed by atoms with E-state index in [0.717, 1.165) is 24.2 Å². The van der Waals surface area contributed by atoms with Gasteiger partial charge in [-0.2, -0.15) is 0 Å². The standard InChI is InChI=1S/C15H24N2O/c1-2-3-4-5-6-11-18-12-13-7-9-14(10-8-13)15(16)17/h7-10H,2-6,11-12H2,1H3,(H3,16,17). The molecule has 3 N–H and O–H groups in total. The minimum absolute atomic E-state index is 0.110. The van der Waals surface area contributed by atoms with E-state index in [9.17, 15) is 0 Å². The number of hydrogen-bond acceptors (Lipinski definition) is 2. The average molecular weight is 248 g/mol. The minimum Gasteiger partial charge on any atom is -0.384 e. The molecule has 0 atom stereocenters. The molecule has 3 nitrogen and oxygen atoms in total. The van der Waals surface area contributed by atoms with Gasteiger partial charge in [-0.25, -0.2) is 0 Å². The molecule has 0 spiro atoms. The molecule has 0 heterocycles. The quantitative estimate of drug-likeness (QED) is 0.399. The molecule has 0 aliphatic rings. The van der Waals surface area contributed by atoms with Crippen LogP contribution in [0.3, 0.4) is 0 Å². The summed E-state index contributed by atoms with van der Waals surface area (Å²) in [6, 6.07) is 7.66. The highest BCUT2D eigenvalue weighted by atomic mass is 16.5. The molecule has 0 saturated heterocycles. The highest BCUT2D eigenvalue weighted by Gasteiger charge is 1.97. The molecular formula is C15H24N2O. The van der Waals surface area contributed by atoms with Gasteiger partial charge in [-0.05, 0) is 12.0 Å². The zero-order valence-electron chi connectivity index (χ0n) is 11.2. The van der Waals surface area contributed by atoms with Crippen molar-refractivity contribution in [3.05, 3.63) is 35.4 Å². The number of rotatable bonds is 9. The van der Waals surface area contributed by atoms with Crippen LogP contribution in [-0.4, -0.2) is 12.4 Å². The van der Waals surface area contributed by atoms with Crippen LogP contribution in [0, 0.1) is 5.41 Å². The van der Waals surface area contributed by atoms with Gasteiger partial charge in [0.15, 0.2) is 0 Å². The van der Waals surface area contributed by atoms with Crippen LogP contribution in [0.4, 0.5) is 0 Å². The molecule has 0 bridgehead atoms. The van der Waals surface area contributed by atoms with Crippen molar-refractivity contribution >= 4 is 5.84 Å². The monoisotopic (exact) mass is 248 g/mol. The fourth-order valence-electron chi connectivity index (χ4n) is 1.78. The summed E-state index contributed by atoms with van der Waals surface area (Å²) in [5.41, 5.74) is 7.29. The average Bonchev–Trinajstić information content (AvgIpc) is 2.38. The molecule has 1 rings (SSSR count). The number of ether oxygens (including phenoxy) is 1. The maximum atomic E-state index is 7.30. The van der Waals surface area contributed by atoms with Crippen LogP contribution in [0.5, 0.6) is 0 Å². The number of unbranched alkanes of at least 4 members (excludes halogenated alkanes) is 4. The topological polar surface area (TPSA) is 59.1 Å². The van der Waals surface area contributed by atoms with Crippen LogP contribution in [-0.2, 0) is 11.3 Å². The molecule has 0 aromatic heterocycles. The first-order chi connectivity index (χ1) is 8.74. The van der Waals surface area contributed by atoms with E-state index < -0.39 is 0 Å². The van der Waals surface area contributed by atoms with E-state index in [1.807, 2.05) is 24.3 Å². The zero-order valence-corrected chi connectivity index (χ0v) is 11.2. The lowest BCUT2D eigenvalue weighted by molar-refractivity contribution is 0.116. The van der Waals surface area contributed by atoms with Gasteiger partial charge in [-0.1, -0.05) is 56.9 Å². The van der Waals surface area contributed by atoms with Crippen LogP contribution in [0.1, 0.15) is 50.2 Å². The van der Waals surface area contributed by atoms with E-state index >= 15 is 0 Å². The van der Waals surface area contributed by atoms with Gasteiger partial charge >= 0.3 is 0 Å². The smallest absolute Gasteiger partial charge is 0.122 e. The Bertz CT molecular complexity index is 346. The van der Waals surface area contributed by atoms with E-state index in [1.165, 1.54) is 25.7 Å². The molecule has 0 unspecified atom stereocenters. The highest BCUT2D eigenvalue weighted by Crippen LogP contribution is 2.07. The van der Waals surface area contributed by atoms with Crippen molar-refractivity contribution in [2.75, 3.05) is 6.61 Å². The fraction of sp³-hybridized carbons (Fsp3) is 0.533. The highest BCUT2D eigenvalue weighted by molar-refractivity contribution is 5.94. The van der Waals surface area contributed by atoms with Crippen molar-refractivity contribution in [2.45, 2.75) is 45.6 Å².